The Hall–Kier alpha value is -4.11. The van der Waals surface area contributed by atoms with Crippen LogP contribution >= 0.6 is 0 Å². The van der Waals surface area contributed by atoms with Crippen LogP contribution in [-0.4, -0.2) is 4.98 Å². The van der Waals surface area contributed by atoms with Crippen LogP contribution in [-0.2, 0) is 27.2 Å². The van der Waals surface area contributed by atoms with Crippen LogP contribution in [0.2, 0.25) is 0 Å². The maximum atomic E-state index is 6.33. The van der Waals surface area contributed by atoms with Crippen LogP contribution in [0.25, 0.3) is 55.1 Å². The Bertz CT molecular complexity index is 1840. The summed E-state index contributed by atoms with van der Waals surface area (Å²) in [5, 5.41) is 4.58. The number of nitrogens with zero attached hydrogens (tertiary/aromatic N) is 2. The molecule has 3 heterocycles. The third kappa shape index (κ3) is 5.02. The number of hydrogen-bond donors (Lipinski definition) is 0. The minimum Gasteiger partial charge on any atom is -0.510 e. The molecule has 0 aliphatic carbocycles. The number of hydrogen-bond acceptors (Lipinski definition) is 2. The molecule has 0 saturated carbocycles. The van der Waals surface area contributed by atoms with E-state index < -0.39 is 0 Å². The second-order valence-corrected chi connectivity index (χ2v) is 9.00. The van der Waals surface area contributed by atoms with Gasteiger partial charge in [0.25, 0.3) is 0 Å². The van der Waals surface area contributed by atoms with E-state index in [4.69, 9.17) is 4.42 Å². The molecule has 4 aromatic carbocycles. The van der Waals surface area contributed by atoms with Gasteiger partial charge in [0.15, 0.2) is 0 Å². The average Bonchev–Trinajstić information content (AvgIpc) is 3.34. The first-order chi connectivity index (χ1) is 18.2. The molecule has 0 fully saturated rings. The van der Waals surface area contributed by atoms with Crippen LogP contribution in [0, 0.1) is 25.3 Å². The molecule has 7 rings (SSSR count). The normalized spacial score (nSPS) is 10.7. The molecule has 0 saturated heterocycles. The van der Waals surface area contributed by atoms with E-state index in [1.165, 1.54) is 10.9 Å². The molecule has 0 N–H and O–H groups in total. The SMILES string of the molecule is C[n+]1[c-]c(-c2[c-]ccc3c2oc2c4ccccc4ccc32)ccc1.Cc1ccc(-c2[c-]cccc2)nc1.[Ir+3]. The molecule has 3 aromatic heterocycles. The van der Waals surface area contributed by atoms with Gasteiger partial charge in [-0.05, 0) is 23.6 Å². The zero-order chi connectivity index (χ0) is 25.2. The molecule has 0 aliphatic rings. The molecule has 4 heteroatoms. The number of aryl methyl sites for hydroxylation is 2. The van der Waals surface area contributed by atoms with Crippen molar-refractivity contribution in [2.24, 2.45) is 7.05 Å². The van der Waals surface area contributed by atoms with Crippen LogP contribution in [0.4, 0.5) is 0 Å². The first-order valence-corrected chi connectivity index (χ1v) is 12.2. The molecule has 7 aromatic rings. The summed E-state index contributed by atoms with van der Waals surface area (Å²) in [6.45, 7) is 2.03. The van der Waals surface area contributed by atoms with Gasteiger partial charge >= 0.3 is 20.1 Å². The predicted octanol–water partition coefficient (Wildman–Crippen LogP) is 7.69. The monoisotopic (exact) mass is 669 g/mol. The van der Waals surface area contributed by atoms with E-state index in [1.54, 1.807) is 0 Å². The van der Waals surface area contributed by atoms with Crippen LogP contribution in [0.15, 0.2) is 114 Å². The van der Waals surface area contributed by atoms with Crippen molar-refractivity contribution < 1.29 is 29.1 Å². The van der Waals surface area contributed by atoms with Gasteiger partial charge in [0.2, 0.25) is 0 Å². The molecule has 3 nitrogen and oxygen atoms in total. The molecule has 0 unspecified atom stereocenters. The minimum atomic E-state index is 0. The Kier molecular flexibility index (Phi) is 7.46. The largest absolute Gasteiger partial charge is 3.00 e. The zero-order valence-electron chi connectivity index (χ0n) is 21.0. The molecule has 0 atom stereocenters. The predicted molar refractivity (Wildman–Crippen MR) is 149 cm³/mol. The molecule has 184 valence electrons. The van der Waals surface area contributed by atoms with E-state index in [0.717, 1.165) is 49.7 Å². The fourth-order valence-electron chi connectivity index (χ4n) is 4.52. The Labute approximate surface area is 235 Å². The van der Waals surface area contributed by atoms with E-state index >= 15 is 0 Å². The summed E-state index contributed by atoms with van der Waals surface area (Å²) in [7, 11) is 1.97. The van der Waals surface area contributed by atoms with Crippen molar-refractivity contribution in [3.63, 3.8) is 0 Å². The number of aromatic nitrogens is 2. The minimum absolute atomic E-state index is 0. The summed E-state index contributed by atoms with van der Waals surface area (Å²) in [6.07, 6.45) is 7.16. The van der Waals surface area contributed by atoms with Gasteiger partial charge in [-0.15, -0.1) is 42.0 Å². The van der Waals surface area contributed by atoms with E-state index in [1.807, 2.05) is 85.5 Å². The van der Waals surface area contributed by atoms with Crippen molar-refractivity contribution in [2.45, 2.75) is 6.92 Å². The molecule has 0 bridgehead atoms. The molecule has 0 amide bonds. The van der Waals surface area contributed by atoms with Gasteiger partial charge in [0.05, 0.1) is 6.20 Å². The summed E-state index contributed by atoms with van der Waals surface area (Å²) < 4.78 is 8.25. The van der Waals surface area contributed by atoms with Gasteiger partial charge in [-0.1, -0.05) is 60.0 Å². The van der Waals surface area contributed by atoms with Gasteiger partial charge in [-0.3, -0.25) is 4.57 Å². The fourth-order valence-corrected chi connectivity index (χ4v) is 4.52. The summed E-state index contributed by atoms with van der Waals surface area (Å²) in [5.41, 5.74) is 6.93. The standard InChI is InChI=1S/C22H14NO.C12H10N.Ir/c1-23-13-5-7-16(14-23)18-9-4-10-19-20-12-11-15-6-2-3-8-17(15)21(20)24-22(18)19;1-10-7-8-12(13-9-10)11-5-3-2-4-6-11;/h2-8,10-13H,1H3;2-5,7-9H,1H3;/q2*-1;+3. The van der Waals surface area contributed by atoms with Crippen LogP contribution < -0.4 is 4.57 Å². The van der Waals surface area contributed by atoms with Gasteiger partial charge < -0.3 is 9.40 Å². The number of rotatable bonds is 2. The second kappa shape index (κ2) is 11.1. The number of furan rings is 1. The van der Waals surface area contributed by atoms with Crippen molar-refractivity contribution in [1.82, 2.24) is 4.98 Å². The van der Waals surface area contributed by atoms with E-state index in [0.29, 0.717) is 0 Å². The van der Waals surface area contributed by atoms with Crippen molar-refractivity contribution in [3.05, 3.63) is 133 Å². The van der Waals surface area contributed by atoms with Crippen LogP contribution in [0.5, 0.6) is 0 Å². The molecule has 38 heavy (non-hydrogen) atoms. The number of benzene rings is 4. The first-order valence-electron chi connectivity index (χ1n) is 12.2. The summed E-state index contributed by atoms with van der Waals surface area (Å²) >= 11 is 0. The van der Waals surface area contributed by atoms with Crippen molar-refractivity contribution in [2.75, 3.05) is 0 Å². The Morgan fingerprint density at radius 1 is 0.711 bits per heavy atom. The van der Waals surface area contributed by atoms with Crippen molar-refractivity contribution in [3.8, 4) is 22.4 Å². The van der Waals surface area contributed by atoms with Crippen molar-refractivity contribution >= 4 is 32.7 Å². The Balaban J connectivity index is 0.000000179. The summed E-state index contributed by atoms with van der Waals surface area (Å²) in [4.78, 5) is 4.32. The first kappa shape index (κ1) is 25.5. The van der Waals surface area contributed by atoms with E-state index in [9.17, 15) is 0 Å². The summed E-state index contributed by atoms with van der Waals surface area (Å²) in [5.74, 6) is 0. The van der Waals surface area contributed by atoms with Gasteiger partial charge in [0, 0.05) is 22.6 Å². The van der Waals surface area contributed by atoms with Crippen LogP contribution in [0.1, 0.15) is 5.56 Å². The molecule has 0 spiro atoms. The third-order valence-electron chi connectivity index (χ3n) is 6.36. The Morgan fingerprint density at radius 2 is 1.53 bits per heavy atom. The maximum absolute atomic E-state index is 6.33. The molecule has 0 radical (unpaired) electrons. The number of fused-ring (bicyclic) bond motifs is 5. The quantitative estimate of drug-likeness (QED) is 0.140. The molecular formula is C34H24IrN2O+. The third-order valence-corrected chi connectivity index (χ3v) is 6.36. The van der Waals surface area contributed by atoms with Crippen LogP contribution in [0.3, 0.4) is 0 Å². The van der Waals surface area contributed by atoms with Crippen molar-refractivity contribution in [1.29, 1.82) is 0 Å². The average molecular weight is 669 g/mol. The van der Waals surface area contributed by atoms with E-state index in [-0.39, 0.29) is 20.1 Å². The number of pyridine rings is 2. The van der Waals surface area contributed by atoms with Gasteiger partial charge in [0.1, 0.15) is 18.8 Å². The zero-order valence-corrected chi connectivity index (χ0v) is 23.4. The maximum Gasteiger partial charge on any atom is 3.00 e. The van der Waals surface area contributed by atoms with E-state index in [2.05, 4.69) is 65.8 Å². The summed E-state index contributed by atoms with van der Waals surface area (Å²) in [6, 6.07) is 39.1. The second-order valence-electron chi connectivity index (χ2n) is 9.00. The molecule has 0 aliphatic heterocycles. The van der Waals surface area contributed by atoms with Gasteiger partial charge in [-0.2, -0.15) is 29.3 Å². The smallest absolute Gasteiger partial charge is 0.510 e. The fraction of sp³-hybridized carbons (Fsp3) is 0.0588. The Morgan fingerprint density at radius 3 is 2.32 bits per heavy atom. The topological polar surface area (TPSA) is 29.9 Å². The van der Waals surface area contributed by atoms with Gasteiger partial charge in [-0.25, -0.2) is 0 Å². The molecular weight excluding hydrogens is 645 g/mol.